The lowest BCUT2D eigenvalue weighted by atomic mass is 10.2. The van der Waals surface area contributed by atoms with Crippen molar-refractivity contribution in [2.45, 2.75) is 12.5 Å². The summed E-state index contributed by atoms with van der Waals surface area (Å²) in [6.07, 6.45) is 2.15. The van der Waals surface area contributed by atoms with E-state index in [9.17, 15) is 4.79 Å². The minimum atomic E-state index is -0.484. The van der Waals surface area contributed by atoms with Gasteiger partial charge in [0.2, 0.25) is 5.91 Å². The standard InChI is InChI=1S/C11H23N3O2/c1-4-5-10(12)11(15)13-6-7-14(2)8-9-16-3/h4,10H,1,5-9,12H2,2-3H3,(H,13,15). The van der Waals surface area contributed by atoms with Gasteiger partial charge in [0.05, 0.1) is 12.6 Å². The molecule has 0 saturated heterocycles. The Morgan fingerprint density at radius 1 is 1.62 bits per heavy atom. The van der Waals surface area contributed by atoms with Crippen LogP contribution in [0.15, 0.2) is 12.7 Å². The van der Waals surface area contributed by atoms with E-state index >= 15 is 0 Å². The van der Waals surface area contributed by atoms with E-state index in [0.29, 0.717) is 19.6 Å². The second kappa shape index (κ2) is 9.33. The number of nitrogens with one attached hydrogen (secondary N) is 1. The molecule has 0 saturated carbocycles. The van der Waals surface area contributed by atoms with Crippen LogP contribution in [-0.4, -0.2) is 57.2 Å². The number of nitrogens with zero attached hydrogens (tertiary/aromatic N) is 1. The number of nitrogens with two attached hydrogens (primary N) is 1. The van der Waals surface area contributed by atoms with E-state index in [4.69, 9.17) is 10.5 Å². The molecule has 0 aromatic rings. The summed E-state index contributed by atoms with van der Waals surface area (Å²) >= 11 is 0. The Bertz CT molecular complexity index is 209. The lowest BCUT2D eigenvalue weighted by Crippen LogP contribution is -2.43. The summed E-state index contributed by atoms with van der Waals surface area (Å²) in [4.78, 5) is 13.5. The maximum atomic E-state index is 11.4. The minimum absolute atomic E-state index is 0.125. The molecule has 0 aromatic heterocycles. The third-order valence-electron chi connectivity index (χ3n) is 2.23. The quantitative estimate of drug-likeness (QED) is 0.527. The van der Waals surface area contributed by atoms with Crippen LogP contribution >= 0.6 is 0 Å². The predicted molar refractivity (Wildman–Crippen MR) is 65.2 cm³/mol. The molecule has 0 aliphatic carbocycles. The topological polar surface area (TPSA) is 67.6 Å². The molecule has 0 heterocycles. The van der Waals surface area contributed by atoms with E-state index in [1.165, 1.54) is 0 Å². The van der Waals surface area contributed by atoms with E-state index in [0.717, 1.165) is 13.1 Å². The number of hydrogen-bond donors (Lipinski definition) is 2. The third-order valence-corrected chi connectivity index (χ3v) is 2.23. The zero-order chi connectivity index (χ0) is 12.4. The number of carbonyl (C=O) groups is 1. The Labute approximate surface area is 97.6 Å². The van der Waals surface area contributed by atoms with Gasteiger partial charge in [0.15, 0.2) is 0 Å². The summed E-state index contributed by atoms with van der Waals surface area (Å²) in [5.41, 5.74) is 5.61. The first-order chi connectivity index (χ1) is 7.61. The predicted octanol–water partition coefficient (Wildman–Crippen LogP) is -0.416. The van der Waals surface area contributed by atoms with Crippen LogP contribution in [0.25, 0.3) is 0 Å². The second-order valence-corrected chi connectivity index (χ2v) is 3.72. The molecule has 0 aromatic carbocycles. The molecule has 0 rings (SSSR count). The first kappa shape index (κ1) is 15.1. The van der Waals surface area contributed by atoms with Crippen molar-refractivity contribution in [3.05, 3.63) is 12.7 Å². The highest BCUT2D eigenvalue weighted by atomic mass is 16.5. The molecule has 0 bridgehead atoms. The number of ether oxygens (including phenoxy) is 1. The van der Waals surface area contributed by atoms with Crippen LogP contribution in [-0.2, 0) is 9.53 Å². The first-order valence-corrected chi connectivity index (χ1v) is 5.43. The zero-order valence-electron chi connectivity index (χ0n) is 10.2. The molecule has 3 N–H and O–H groups in total. The fourth-order valence-corrected chi connectivity index (χ4v) is 1.15. The molecule has 94 valence electrons. The molecule has 0 aliphatic rings. The highest BCUT2D eigenvalue weighted by molar-refractivity contribution is 5.81. The summed E-state index contributed by atoms with van der Waals surface area (Å²) in [5, 5.41) is 2.78. The van der Waals surface area contributed by atoms with Gasteiger partial charge >= 0.3 is 0 Å². The van der Waals surface area contributed by atoms with Crippen molar-refractivity contribution in [1.29, 1.82) is 0 Å². The Kier molecular flexibility index (Phi) is 8.80. The van der Waals surface area contributed by atoms with Crippen LogP contribution in [0.4, 0.5) is 0 Å². The van der Waals surface area contributed by atoms with Gasteiger partial charge in [-0.25, -0.2) is 0 Å². The maximum Gasteiger partial charge on any atom is 0.237 e. The molecule has 16 heavy (non-hydrogen) atoms. The highest BCUT2D eigenvalue weighted by Crippen LogP contribution is 1.88. The van der Waals surface area contributed by atoms with Crippen LogP contribution in [0, 0.1) is 0 Å². The smallest absolute Gasteiger partial charge is 0.237 e. The summed E-state index contributed by atoms with van der Waals surface area (Å²) in [5.74, 6) is -0.125. The number of rotatable bonds is 9. The highest BCUT2D eigenvalue weighted by Gasteiger charge is 2.10. The van der Waals surface area contributed by atoms with Crippen LogP contribution < -0.4 is 11.1 Å². The van der Waals surface area contributed by atoms with Crippen molar-refractivity contribution in [2.24, 2.45) is 5.73 Å². The van der Waals surface area contributed by atoms with Gasteiger partial charge in [0.1, 0.15) is 0 Å². The first-order valence-electron chi connectivity index (χ1n) is 5.43. The number of likely N-dealkylation sites (N-methyl/N-ethyl adjacent to an activating group) is 1. The van der Waals surface area contributed by atoms with Crippen molar-refractivity contribution in [3.63, 3.8) is 0 Å². The van der Waals surface area contributed by atoms with Crippen molar-refractivity contribution in [3.8, 4) is 0 Å². The number of hydrogen-bond acceptors (Lipinski definition) is 4. The maximum absolute atomic E-state index is 11.4. The monoisotopic (exact) mass is 229 g/mol. The third kappa shape index (κ3) is 7.39. The van der Waals surface area contributed by atoms with Gasteiger partial charge in [-0.2, -0.15) is 0 Å². The van der Waals surface area contributed by atoms with Crippen molar-refractivity contribution in [1.82, 2.24) is 10.2 Å². The largest absolute Gasteiger partial charge is 0.383 e. The number of amides is 1. The Morgan fingerprint density at radius 3 is 2.88 bits per heavy atom. The molecule has 0 aliphatic heterocycles. The van der Waals surface area contributed by atoms with Gasteiger partial charge < -0.3 is 20.7 Å². The van der Waals surface area contributed by atoms with E-state index in [-0.39, 0.29) is 5.91 Å². The Morgan fingerprint density at radius 2 is 2.31 bits per heavy atom. The average Bonchev–Trinajstić information content (AvgIpc) is 2.26. The molecule has 5 heteroatoms. The summed E-state index contributed by atoms with van der Waals surface area (Å²) < 4.78 is 4.95. The van der Waals surface area contributed by atoms with Gasteiger partial charge in [0.25, 0.3) is 0 Å². The second-order valence-electron chi connectivity index (χ2n) is 3.72. The van der Waals surface area contributed by atoms with Gasteiger partial charge in [-0.05, 0) is 13.5 Å². The minimum Gasteiger partial charge on any atom is -0.383 e. The molecule has 0 spiro atoms. The Hall–Kier alpha value is -0.910. The molecule has 5 nitrogen and oxygen atoms in total. The van der Waals surface area contributed by atoms with Crippen molar-refractivity contribution in [2.75, 3.05) is 40.4 Å². The molecule has 1 atom stereocenters. The lowest BCUT2D eigenvalue weighted by Gasteiger charge is -2.17. The SMILES string of the molecule is C=CCC(N)C(=O)NCCN(C)CCOC. The molecular formula is C11H23N3O2. The lowest BCUT2D eigenvalue weighted by molar-refractivity contribution is -0.122. The van der Waals surface area contributed by atoms with Crippen molar-refractivity contribution < 1.29 is 9.53 Å². The van der Waals surface area contributed by atoms with Crippen LogP contribution in [0.5, 0.6) is 0 Å². The summed E-state index contributed by atoms with van der Waals surface area (Å²) in [6, 6.07) is -0.484. The molecule has 1 unspecified atom stereocenters. The van der Waals surface area contributed by atoms with Crippen LogP contribution in [0.2, 0.25) is 0 Å². The normalized spacial score (nSPS) is 12.5. The fourth-order valence-electron chi connectivity index (χ4n) is 1.15. The Balaban J connectivity index is 3.56. The van der Waals surface area contributed by atoms with Crippen LogP contribution in [0.3, 0.4) is 0 Å². The van der Waals surface area contributed by atoms with E-state index in [2.05, 4.69) is 16.8 Å². The fraction of sp³-hybridized carbons (Fsp3) is 0.727. The number of methoxy groups -OCH3 is 1. The van der Waals surface area contributed by atoms with E-state index in [1.54, 1.807) is 13.2 Å². The van der Waals surface area contributed by atoms with Crippen LogP contribution in [0.1, 0.15) is 6.42 Å². The molecule has 0 radical (unpaired) electrons. The van der Waals surface area contributed by atoms with Gasteiger partial charge in [0, 0.05) is 26.7 Å². The van der Waals surface area contributed by atoms with E-state index < -0.39 is 6.04 Å². The molecular weight excluding hydrogens is 206 g/mol. The molecule has 1 amide bonds. The van der Waals surface area contributed by atoms with Gasteiger partial charge in [-0.15, -0.1) is 6.58 Å². The summed E-state index contributed by atoms with van der Waals surface area (Å²) in [7, 11) is 3.65. The van der Waals surface area contributed by atoms with Crippen molar-refractivity contribution >= 4 is 5.91 Å². The number of carbonyl (C=O) groups excluding carboxylic acids is 1. The average molecular weight is 229 g/mol. The van der Waals surface area contributed by atoms with E-state index in [1.807, 2.05) is 7.05 Å². The molecule has 0 fully saturated rings. The zero-order valence-corrected chi connectivity index (χ0v) is 10.2. The van der Waals surface area contributed by atoms with Gasteiger partial charge in [-0.3, -0.25) is 4.79 Å². The van der Waals surface area contributed by atoms with Gasteiger partial charge in [-0.1, -0.05) is 6.08 Å². The summed E-state index contributed by atoms with van der Waals surface area (Å²) in [6.45, 7) is 6.48.